The van der Waals surface area contributed by atoms with Gasteiger partial charge in [0.2, 0.25) is 5.95 Å². The zero-order valence-corrected chi connectivity index (χ0v) is 19.3. The number of nitrogens with one attached hydrogen (secondary N) is 2. The predicted octanol–water partition coefficient (Wildman–Crippen LogP) is 1.63. The van der Waals surface area contributed by atoms with Crippen molar-refractivity contribution >= 4 is 22.8 Å². The minimum atomic E-state index is -0.244. The van der Waals surface area contributed by atoms with Crippen LogP contribution in [0.1, 0.15) is 43.9 Å². The molecule has 0 aliphatic carbocycles. The first-order chi connectivity index (χ1) is 16.1. The first-order valence-electron chi connectivity index (χ1n) is 11.4. The van der Waals surface area contributed by atoms with Crippen molar-refractivity contribution < 1.29 is 9.47 Å². The topological polar surface area (TPSA) is 151 Å². The van der Waals surface area contributed by atoms with Crippen LogP contribution < -0.4 is 26.8 Å². The highest BCUT2D eigenvalue weighted by atomic mass is 16.5. The summed E-state index contributed by atoms with van der Waals surface area (Å²) in [6.07, 6.45) is 7.11. The third-order valence-electron chi connectivity index (χ3n) is 5.75. The summed E-state index contributed by atoms with van der Waals surface area (Å²) in [7, 11) is 1.65. The smallest absolute Gasteiger partial charge is 0.222 e. The maximum atomic E-state index is 6.19. The van der Waals surface area contributed by atoms with E-state index in [0.717, 1.165) is 62.2 Å². The fourth-order valence-electron chi connectivity index (χ4n) is 4.01. The SMILES string of the molecule is CCCC(N)Nc1nc(N)nc2cnn(Cc3ncc(CNC4CCOCC4)cc3OC)c12. The molecule has 11 heteroatoms. The van der Waals surface area contributed by atoms with E-state index in [-0.39, 0.29) is 12.1 Å². The molecule has 4 heterocycles. The second kappa shape index (κ2) is 10.7. The lowest BCUT2D eigenvalue weighted by Gasteiger charge is -2.23. The molecule has 1 atom stereocenters. The van der Waals surface area contributed by atoms with Gasteiger partial charge in [0, 0.05) is 32.0 Å². The van der Waals surface area contributed by atoms with E-state index in [1.54, 1.807) is 18.0 Å². The van der Waals surface area contributed by atoms with Crippen LogP contribution in [0.5, 0.6) is 5.75 Å². The Morgan fingerprint density at radius 3 is 2.85 bits per heavy atom. The summed E-state index contributed by atoms with van der Waals surface area (Å²) in [4.78, 5) is 13.4. The van der Waals surface area contributed by atoms with Gasteiger partial charge in [-0.2, -0.15) is 10.1 Å². The van der Waals surface area contributed by atoms with E-state index in [9.17, 15) is 0 Å². The third kappa shape index (κ3) is 5.67. The van der Waals surface area contributed by atoms with Crippen LogP contribution >= 0.6 is 0 Å². The summed E-state index contributed by atoms with van der Waals surface area (Å²) in [5.41, 5.74) is 15.3. The van der Waals surface area contributed by atoms with Gasteiger partial charge in [-0.05, 0) is 30.9 Å². The largest absolute Gasteiger partial charge is 0.495 e. The van der Waals surface area contributed by atoms with Crippen molar-refractivity contribution in [1.82, 2.24) is 30.0 Å². The second-order valence-electron chi connectivity index (χ2n) is 8.27. The number of aromatic nitrogens is 5. The molecule has 1 aliphatic rings. The number of nitrogens with zero attached hydrogens (tertiary/aromatic N) is 5. The number of pyridine rings is 1. The summed E-state index contributed by atoms with van der Waals surface area (Å²) < 4.78 is 12.9. The molecule has 33 heavy (non-hydrogen) atoms. The molecule has 4 rings (SSSR count). The van der Waals surface area contributed by atoms with E-state index in [1.807, 2.05) is 12.3 Å². The Balaban J connectivity index is 1.54. The molecule has 0 aromatic carbocycles. The van der Waals surface area contributed by atoms with Crippen LogP contribution in [-0.2, 0) is 17.8 Å². The number of rotatable bonds is 10. The van der Waals surface area contributed by atoms with Crippen molar-refractivity contribution in [3.05, 3.63) is 29.7 Å². The highest BCUT2D eigenvalue weighted by molar-refractivity contribution is 5.86. The number of nitrogens with two attached hydrogens (primary N) is 2. The number of methoxy groups -OCH3 is 1. The van der Waals surface area contributed by atoms with Gasteiger partial charge in [-0.15, -0.1) is 0 Å². The Morgan fingerprint density at radius 2 is 2.09 bits per heavy atom. The zero-order chi connectivity index (χ0) is 23.2. The molecule has 0 saturated carbocycles. The Hall–Kier alpha value is -3.02. The van der Waals surface area contributed by atoms with Crippen LogP contribution in [0.4, 0.5) is 11.8 Å². The van der Waals surface area contributed by atoms with Gasteiger partial charge in [-0.1, -0.05) is 13.3 Å². The average Bonchev–Trinajstić information content (AvgIpc) is 3.21. The van der Waals surface area contributed by atoms with Crippen LogP contribution in [-0.4, -0.2) is 57.3 Å². The summed E-state index contributed by atoms with van der Waals surface area (Å²) in [5, 5.41) is 11.3. The zero-order valence-electron chi connectivity index (χ0n) is 19.3. The Morgan fingerprint density at radius 1 is 1.27 bits per heavy atom. The average molecular weight is 456 g/mol. The van der Waals surface area contributed by atoms with Gasteiger partial charge >= 0.3 is 0 Å². The molecule has 0 bridgehead atoms. The van der Waals surface area contributed by atoms with E-state index in [4.69, 9.17) is 20.9 Å². The summed E-state index contributed by atoms with van der Waals surface area (Å²) >= 11 is 0. The standard InChI is InChI=1S/C22H33N9O2/c1-3-4-19(23)29-21-20-16(28-22(24)30-21)12-27-31(20)13-17-18(32-2)9-14(11-26-17)10-25-15-5-7-33-8-6-15/h9,11-12,15,19,25H,3-8,10,13,23H2,1-2H3,(H3,24,28,29,30). The number of hydrogen-bond acceptors (Lipinski definition) is 10. The van der Waals surface area contributed by atoms with E-state index in [0.29, 0.717) is 29.7 Å². The number of ether oxygens (including phenoxy) is 2. The lowest BCUT2D eigenvalue weighted by molar-refractivity contribution is 0.0776. The Bertz CT molecular complexity index is 1070. The molecular weight excluding hydrogens is 422 g/mol. The van der Waals surface area contributed by atoms with Gasteiger partial charge in [0.1, 0.15) is 22.5 Å². The number of hydrogen-bond donors (Lipinski definition) is 4. The first-order valence-corrected chi connectivity index (χ1v) is 11.4. The number of fused-ring (bicyclic) bond motifs is 1. The van der Waals surface area contributed by atoms with Crippen molar-refractivity contribution in [2.24, 2.45) is 5.73 Å². The molecule has 11 nitrogen and oxygen atoms in total. The fraction of sp³-hybridized carbons (Fsp3) is 0.545. The van der Waals surface area contributed by atoms with Gasteiger partial charge in [-0.25, -0.2) is 4.98 Å². The molecule has 6 N–H and O–H groups in total. The molecule has 1 unspecified atom stereocenters. The molecule has 3 aromatic heterocycles. The molecule has 0 spiro atoms. The van der Waals surface area contributed by atoms with Crippen molar-refractivity contribution in [3.8, 4) is 5.75 Å². The lowest BCUT2D eigenvalue weighted by atomic mass is 10.1. The molecule has 1 aliphatic heterocycles. The Kier molecular flexibility index (Phi) is 7.53. The second-order valence-corrected chi connectivity index (χ2v) is 8.27. The van der Waals surface area contributed by atoms with Crippen LogP contribution in [0, 0.1) is 0 Å². The van der Waals surface area contributed by atoms with Gasteiger partial charge < -0.3 is 31.6 Å². The van der Waals surface area contributed by atoms with Gasteiger partial charge in [0.05, 0.1) is 26.0 Å². The molecule has 1 fully saturated rings. The Labute approximate surface area is 193 Å². The van der Waals surface area contributed by atoms with Crippen LogP contribution in [0.25, 0.3) is 11.0 Å². The monoisotopic (exact) mass is 455 g/mol. The van der Waals surface area contributed by atoms with Crippen molar-refractivity contribution in [1.29, 1.82) is 0 Å². The highest BCUT2D eigenvalue weighted by Crippen LogP contribution is 2.25. The minimum absolute atomic E-state index is 0.172. The van der Waals surface area contributed by atoms with E-state index in [1.165, 1.54) is 0 Å². The summed E-state index contributed by atoms with van der Waals surface area (Å²) in [6, 6.07) is 2.49. The fourth-order valence-corrected chi connectivity index (χ4v) is 4.01. The van der Waals surface area contributed by atoms with Crippen molar-refractivity contribution in [2.75, 3.05) is 31.4 Å². The minimum Gasteiger partial charge on any atom is -0.495 e. The van der Waals surface area contributed by atoms with Crippen molar-refractivity contribution in [3.63, 3.8) is 0 Å². The van der Waals surface area contributed by atoms with Gasteiger partial charge in [0.15, 0.2) is 5.82 Å². The molecule has 178 valence electrons. The molecule has 1 saturated heterocycles. The maximum Gasteiger partial charge on any atom is 0.222 e. The molecule has 0 amide bonds. The third-order valence-corrected chi connectivity index (χ3v) is 5.75. The van der Waals surface area contributed by atoms with E-state index >= 15 is 0 Å². The number of nitrogen functional groups attached to an aromatic ring is 1. The summed E-state index contributed by atoms with van der Waals surface area (Å²) in [5.74, 6) is 1.44. The van der Waals surface area contributed by atoms with Crippen LogP contribution in [0.15, 0.2) is 18.5 Å². The van der Waals surface area contributed by atoms with Crippen LogP contribution in [0.2, 0.25) is 0 Å². The van der Waals surface area contributed by atoms with E-state index in [2.05, 4.69) is 37.6 Å². The quantitative estimate of drug-likeness (QED) is 0.332. The molecule has 3 aromatic rings. The van der Waals surface area contributed by atoms with Crippen LogP contribution in [0.3, 0.4) is 0 Å². The molecule has 0 radical (unpaired) electrons. The molecular formula is C22H33N9O2. The highest BCUT2D eigenvalue weighted by Gasteiger charge is 2.17. The lowest BCUT2D eigenvalue weighted by Crippen LogP contribution is -2.34. The van der Waals surface area contributed by atoms with E-state index < -0.39 is 0 Å². The first kappa shape index (κ1) is 23.1. The summed E-state index contributed by atoms with van der Waals surface area (Å²) in [6.45, 7) is 4.83. The predicted molar refractivity (Wildman–Crippen MR) is 127 cm³/mol. The van der Waals surface area contributed by atoms with Crippen molar-refractivity contribution in [2.45, 2.75) is 57.9 Å². The maximum absolute atomic E-state index is 6.19. The normalized spacial score (nSPS) is 15.6. The van der Waals surface area contributed by atoms with Gasteiger partial charge in [0.25, 0.3) is 0 Å². The number of anilines is 2. The van der Waals surface area contributed by atoms with Gasteiger partial charge in [-0.3, -0.25) is 9.67 Å².